The predicted molar refractivity (Wildman–Crippen MR) is 142 cm³/mol. The molecule has 0 saturated carbocycles. The first kappa shape index (κ1) is 23.8. The van der Waals surface area contributed by atoms with E-state index in [1.165, 1.54) is 33.4 Å². The van der Waals surface area contributed by atoms with Crippen molar-refractivity contribution in [1.82, 2.24) is 15.1 Å². The zero-order valence-corrected chi connectivity index (χ0v) is 20.9. The molecule has 2 aliphatic heterocycles. The molecule has 4 nitrogen and oxygen atoms in total. The van der Waals surface area contributed by atoms with Crippen LogP contribution in [0.2, 0.25) is 0 Å². The molecule has 5 rings (SSSR count). The summed E-state index contributed by atoms with van der Waals surface area (Å²) < 4.78 is 0. The summed E-state index contributed by atoms with van der Waals surface area (Å²) in [6, 6.07) is 26.3. The standard InChI is InChI=1S/C31H37N3O/c1-24-9-11-25(12-10-24)21-33-16-14-29(15-17-33)31(35)32-20-26-5-4-6-27(19-26)22-34-18-13-28-7-2-3-8-30(28)23-34/h2-12,19,29H,13-18,20-23H2,1H3,(H,32,35). The molecule has 2 heterocycles. The summed E-state index contributed by atoms with van der Waals surface area (Å²) in [5.41, 5.74) is 8.10. The number of carbonyl (C=O) groups is 1. The highest BCUT2D eigenvalue weighted by Gasteiger charge is 2.25. The van der Waals surface area contributed by atoms with Gasteiger partial charge in [-0.1, -0.05) is 78.4 Å². The van der Waals surface area contributed by atoms with E-state index in [0.717, 1.165) is 58.5 Å². The fraction of sp³-hybridized carbons (Fsp3) is 0.387. The predicted octanol–water partition coefficient (Wildman–Crippen LogP) is 5.08. The van der Waals surface area contributed by atoms with Crippen LogP contribution in [0, 0.1) is 12.8 Å². The summed E-state index contributed by atoms with van der Waals surface area (Å²) in [6.07, 6.45) is 3.00. The van der Waals surface area contributed by atoms with Gasteiger partial charge in [0.1, 0.15) is 0 Å². The van der Waals surface area contributed by atoms with Gasteiger partial charge < -0.3 is 5.32 Å². The third kappa shape index (κ3) is 6.39. The molecule has 1 N–H and O–H groups in total. The van der Waals surface area contributed by atoms with E-state index >= 15 is 0 Å². The minimum absolute atomic E-state index is 0.126. The van der Waals surface area contributed by atoms with Gasteiger partial charge in [-0.3, -0.25) is 14.6 Å². The van der Waals surface area contributed by atoms with Gasteiger partial charge in [0.05, 0.1) is 0 Å². The van der Waals surface area contributed by atoms with Crippen LogP contribution in [0.3, 0.4) is 0 Å². The van der Waals surface area contributed by atoms with Crippen molar-refractivity contribution in [3.63, 3.8) is 0 Å². The second-order valence-electron chi connectivity index (χ2n) is 10.3. The number of rotatable bonds is 7. The topological polar surface area (TPSA) is 35.6 Å². The molecule has 1 fully saturated rings. The molecule has 0 radical (unpaired) electrons. The molecule has 2 aliphatic rings. The van der Waals surface area contributed by atoms with Crippen LogP contribution in [-0.4, -0.2) is 35.3 Å². The summed E-state index contributed by atoms with van der Waals surface area (Å²) in [7, 11) is 0. The summed E-state index contributed by atoms with van der Waals surface area (Å²) in [4.78, 5) is 17.8. The van der Waals surface area contributed by atoms with Crippen molar-refractivity contribution < 1.29 is 4.79 Å². The van der Waals surface area contributed by atoms with Gasteiger partial charge in [0.25, 0.3) is 0 Å². The largest absolute Gasteiger partial charge is 0.352 e. The molecule has 3 aromatic carbocycles. The summed E-state index contributed by atoms with van der Waals surface area (Å²) in [5.74, 6) is 0.332. The Morgan fingerprint density at radius 3 is 2.31 bits per heavy atom. The first-order chi connectivity index (χ1) is 17.1. The van der Waals surface area contributed by atoms with Gasteiger partial charge in [-0.15, -0.1) is 0 Å². The number of hydrogen-bond donors (Lipinski definition) is 1. The minimum Gasteiger partial charge on any atom is -0.352 e. The summed E-state index contributed by atoms with van der Waals surface area (Å²) in [6.45, 7) is 8.75. The van der Waals surface area contributed by atoms with Crippen LogP contribution in [0.25, 0.3) is 0 Å². The highest BCUT2D eigenvalue weighted by atomic mass is 16.1. The van der Waals surface area contributed by atoms with E-state index in [4.69, 9.17) is 0 Å². The second-order valence-corrected chi connectivity index (χ2v) is 10.3. The number of benzene rings is 3. The van der Waals surface area contributed by atoms with Gasteiger partial charge in [-0.05, 0) is 67.1 Å². The molecular formula is C31H37N3O. The highest BCUT2D eigenvalue weighted by Crippen LogP contribution is 2.22. The minimum atomic E-state index is 0.126. The van der Waals surface area contributed by atoms with Gasteiger partial charge in [-0.2, -0.15) is 0 Å². The highest BCUT2D eigenvalue weighted by molar-refractivity contribution is 5.78. The normalized spacial score (nSPS) is 17.2. The lowest BCUT2D eigenvalue weighted by atomic mass is 9.95. The van der Waals surface area contributed by atoms with E-state index in [2.05, 4.69) is 94.8 Å². The zero-order valence-electron chi connectivity index (χ0n) is 20.9. The maximum absolute atomic E-state index is 12.9. The van der Waals surface area contributed by atoms with E-state index in [1.54, 1.807) is 0 Å². The zero-order chi connectivity index (χ0) is 24.0. The Morgan fingerprint density at radius 2 is 1.51 bits per heavy atom. The molecule has 3 aromatic rings. The van der Waals surface area contributed by atoms with Crippen molar-refractivity contribution in [2.75, 3.05) is 19.6 Å². The first-order valence-electron chi connectivity index (χ1n) is 13.0. The van der Waals surface area contributed by atoms with Crippen molar-refractivity contribution in [2.45, 2.75) is 52.4 Å². The molecule has 182 valence electrons. The van der Waals surface area contributed by atoms with E-state index in [0.29, 0.717) is 6.54 Å². The Balaban J connectivity index is 1.07. The molecular weight excluding hydrogens is 430 g/mol. The number of carbonyl (C=O) groups excluding carboxylic acids is 1. The maximum Gasteiger partial charge on any atom is 0.223 e. The molecule has 0 aromatic heterocycles. The fourth-order valence-electron chi connectivity index (χ4n) is 5.42. The molecule has 0 atom stereocenters. The van der Waals surface area contributed by atoms with Gasteiger partial charge in [0, 0.05) is 38.6 Å². The average molecular weight is 468 g/mol. The second kappa shape index (κ2) is 11.2. The molecule has 1 saturated heterocycles. The maximum atomic E-state index is 12.9. The Bertz CT molecular complexity index is 1130. The third-order valence-electron chi connectivity index (χ3n) is 7.56. The number of aryl methyl sites for hydroxylation is 1. The molecule has 4 heteroatoms. The monoisotopic (exact) mass is 467 g/mol. The van der Waals surface area contributed by atoms with E-state index < -0.39 is 0 Å². The Hall–Kier alpha value is -2.95. The number of amides is 1. The van der Waals surface area contributed by atoms with Crippen molar-refractivity contribution in [3.8, 4) is 0 Å². The number of nitrogens with zero attached hydrogens (tertiary/aromatic N) is 2. The number of piperidine rings is 1. The van der Waals surface area contributed by atoms with Crippen LogP contribution in [0.1, 0.15) is 46.2 Å². The molecule has 0 unspecified atom stereocenters. The van der Waals surface area contributed by atoms with E-state index in [-0.39, 0.29) is 11.8 Å². The van der Waals surface area contributed by atoms with Crippen LogP contribution in [0.5, 0.6) is 0 Å². The van der Waals surface area contributed by atoms with Crippen LogP contribution in [-0.2, 0) is 37.4 Å². The van der Waals surface area contributed by atoms with Gasteiger partial charge in [0.2, 0.25) is 5.91 Å². The summed E-state index contributed by atoms with van der Waals surface area (Å²) in [5, 5.41) is 3.21. The smallest absolute Gasteiger partial charge is 0.223 e. The van der Waals surface area contributed by atoms with Crippen LogP contribution in [0.4, 0.5) is 0 Å². The average Bonchev–Trinajstić information content (AvgIpc) is 2.89. The van der Waals surface area contributed by atoms with Crippen molar-refractivity contribution in [2.24, 2.45) is 5.92 Å². The van der Waals surface area contributed by atoms with Crippen LogP contribution in [0.15, 0.2) is 72.8 Å². The number of hydrogen-bond acceptors (Lipinski definition) is 3. The van der Waals surface area contributed by atoms with Crippen molar-refractivity contribution in [3.05, 3.63) is 106 Å². The lowest BCUT2D eigenvalue weighted by Crippen LogP contribution is -2.40. The van der Waals surface area contributed by atoms with Gasteiger partial charge in [-0.25, -0.2) is 0 Å². The number of likely N-dealkylation sites (tertiary alicyclic amines) is 1. The Labute approximate surface area is 210 Å². The molecule has 0 bridgehead atoms. The van der Waals surface area contributed by atoms with Gasteiger partial charge in [0.15, 0.2) is 0 Å². The lowest BCUT2D eigenvalue weighted by Gasteiger charge is -2.31. The Morgan fingerprint density at radius 1 is 0.800 bits per heavy atom. The fourth-order valence-corrected chi connectivity index (χ4v) is 5.42. The van der Waals surface area contributed by atoms with Crippen LogP contribution < -0.4 is 5.32 Å². The van der Waals surface area contributed by atoms with Crippen molar-refractivity contribution in [1.29, 1.82) is 0 Å². The molecule has 0 spiro atoms. The number of fused-ring (bicyclic) bond motifs is 1. The summed E-state index contributed by atoms with van der Waals surface area (Å²) >= 11 is 0. The molecule has 1 amide bonds. The molecule has 35 heavy (non-hydrogen) atoms. The molecule has 0 aliphatic carbocycles. The quantitative estimate of drug-likeness (QED) is 0.526. The third-order valence-corrected chi connectivity index (χ3v) is 7.56. The van der Waals surface area contributed by atoms with E-state index in [9.17, 15) is 4.79 Å². The lowest BCUT2D eigenvalue weighted by molar-refractivity contribution is -0.126. The number of nitrogens with one attached hydrogen (secondary N) is 1. The Kier molecular flexibility index (Phi) is 7.60. The van der Waals surface area contributed by atoms with Crippen molar-refractivity contribution >= 4 is 5.91 Å². The SMILES string of the molecule is Cc1ccc(CN2CCC(C(=O)NCc3cccc(CN4CCc5ccccc5C4)c3)CC2)cc1. The van der Waals surface area contributed by atoms with E-state index in [1.807, 2.05) is 0 Å². The van der Waals surface area contributed by atoms with Crippen LogP contribution >= 0.6 is 0 Å². The van der Waals surface area contributed by atoms with Gasteiger partial charge >= 0.3 is 0 Å². The first-order valence-corrected chi connectivity index (χ1v) is 13.0.